The first-order chi connectivity index (χ1) is 14.0. The quantitative estimate of drug-likeness (QED) is 0.695. The van der Waals surface area contributed by atoms with Crippen molar-refractivity contribution in [1.82, 2.24) is 24.3 Å². The second kappa shape index (κ2) is 6.88. The van der Waals surface area contributed by atoms with Crippen molar-refractivity contribution in [1.29, 1.82) is 0 Å². The van der Waals surface area contributed by atoms with Crippen LogP contribution in [0.1, 0.15) is 19.8 Å². The van der Waals surface area contributed by atoms with E-state index in [-0.39, 0.29) is 11.8 Å². The van der Waals surface area contributed by atoms with Gasteiger partial charge in [0, 0.05) is 49.3 Å². The summed E-state index contributed by atoms with van der Waals surface area (Å²) < 4.78 is 9.76. The normalized spacial score (nSPS) is 21.9. The number of carbonyl (C=O) groups excluding carboxylic acids is 1. The highest BCUT2D eigenvalue weighted by Crippen LogP contribution is 2.33. The molecule has 29 heavy (non-hydrogen) atoms. The number of hydrogen-bond donors (Lipinski definition) is 1. The lowest BCUT2D eigenvalue weighted by Crippen LogP contribution is -2.54. The van der Waals surface area contributed by atoms with E-state index in [4.69, 9.17) is 4.74 Å². The third-order valence-corrected chi connectivity index (χ3v) is 6.19. The van der Waals surface area contributed by atoms with Crippen molar-refractivity contribution in [2.75, 3.05) is 25.5 Å². The van der Waals surface area contributed by atoms with E-state index < -0.39 is 0 Å². The van der Waals surface area contributed by atoms with Gasteiger partial charge in [0.1, 0.15) is 5.69 Å². The second-order valence-corrected chi connectivity index (χ2v) is 8.31. The van der Waals surface area contributed by atoms with Crippen LogP contribution in [0.15, 0.2) is 30.6 Å². The summed E-state index contributed by atoms with van der Waals surface area (Å²) in [5.41, 5.74) is 2.86. The van der Waals surface area contributed by atoms with Crippen molar-refractivity contribution < 1.29 is 9.53 Å². The lowest BCUT2D eigenvalue weighted by Gasteiger charge is -2.43. The monoisotopic (exact) mass is 394 g/mol. The van der Waals surface area contributed by atoms with Gasteiger partial charge in [-0.2, -0.15) is 10.2 Å². The molecule has 1 N–H and O–H groups in total. The van der Waals surface area contributed by atoms with Crippen molar-refractivity contribution in [3.63, 3.8) is 0 Å². The Bertz CT molecular complexity index is 1070. The molecule has 0 spiro atoms. The second-order valence-electron chi connectivity index (χ2n) is 8.31. The molecule has 2 unspecified atom stereocenters. The molecule has 3 aromatic rings. The topological polar surface area (TPSA) is 76.7 Å². The Morgan fingerprint density at radius 2 is 2.14 bits per heavy atom. The van der Waals surface area contributed by atoms with Crippen molar-refractivity contribution in [3.05, 3.63) is 30.6 Å². The molecule has 8 heteroatoms. The number of fused-ring (bicyclic) bond motifs is 1. The number of aryl methyl sites for hydroxylation is 1. The molecule has 152 valence electrons. The SMILES string of the molecule is CC1C(COc2cnn(C)c2-c2ccn3nc(NC(=O)C4CC4)cc3c2)CN1C. The van der Waals surface area contributed by atoms with Crippen LogP contribution in [0.5, 0.6) is 5.75 Å². The number of aromatic nitrogens is 4. The predicted octanol–water partition coefficient (Wildman–Crippen LogP) is 2.41. The van der Waals surface area contributed by atoms with E-state index in [2.05, 4.69) is 34.4 Å². The standard InChI is InChI=1S/C21H26N6O2/c1-13-16(11-25(13)2)12-29-18-10-22-26(3)20(18)15-6-7-27-17(8-15)9-19(24-27)23-21(28)14-4-5-14/h6-10,13-14,16H,4-5,11-12H2,1-3H3,(H,23,24,28). The number of likely N-dealkylation sites (tertiary alicyclic amines) is 1. The molecular formula is C21H26N6O2. The number of carbonyl (C=O) groups is 1. The van der Waals surface area contributed by atoms with Crippen LogP contribution in [0.25, 0.3) is 16.8 Å². The molecule has 0 bridgehead atoms. The fourth-order valence-corrected chi connectivity index (χ4v) is 3.93. The number of nitrogens with one attached hydrogen (secondary N) is 1. The summed E-state index contributed by atoms with van der Waals surface area (Å²) >= 11 is 0. The predicted molar refractivity (Wildman–Crippen MR) is 110 cm³/mol. The molecule has 8 nitrogen and oxygen atoms in total. The van der Waals surface area contributed by atoms with Crippen LogP contribution in [-0.4, -0.2) is 56.4 Å². The number of rotatable bonds is 6. The molecule has 2 fully saturated rings. The molecular weight excluding hydrogens is 368 g/mol. The average Bonchev–Trinajstić information content (AvgIpc) is 3.39. The molecule has 0 radical (unpaired) electrons. The largest absolute Gasteiger partial charge is 0.489 e. The van der Waals surface area contributed by atoms with Crippen LogP contribution < -0.4 is 10.1 Å². The van der Waals surface area contributed by atoms with Crippen molar-refractivity contribution in [2.24, 2.45) is 18.9 Å². The van der Waals surface area contributed by atoms with Crippen LogP contribution >= 0.6 is 0 Å². The fraction of sp³-hybridized carbons (Fsp3) is 0.476. The van der Waals surface area contributed by atoms with Crippen LogP contribution in [0.3, 0.4) is 0 Å². The van der Waals surface area contributed by atoms with Gasteiger partial charge in [0.2, 0.25) is 5.91 Å². The Kier molecular flexibility index (Phi) is 4.31. The maximum Gasteiger partial charge on any atom is 0.228 e. The summed E-state index contributed by atoms with van der Waals surface area (Å²) in [6.45, 7) is 3.99. The highest BCUT2D eigenvalue weighted by Gasteiger charge is 2.33. The highest BCUT2D eigenvalue weighted by molar-refractivity contribution is 5.93. The Morgan fingerprint density at radius 3 is 2.86 bits per heavy atom. The van der Waals surface area contributed by atoms with Gasteiger partial charge in [0.05, 0.1) is 18.3 Å². The molecule has 4 heterocycles. The smallest absolute Gasteiger partial charge is 0.228 e. The molecule has 1 aliphatic heterocycles. The number of nitrogens with zero attached hydrogens (tertiary/aromatic N) is 5. The summed E-state index contributed by atoms with van der Waals surface area (Å²) in [6.07, 6.45) is 5.63. The first kappa shape index (κ1) is 18.2. The molecule has 2 aliphatic rings. The zero-order valence-corrected chi connectivity index (χ0v) is 17.0. The van der Waals surface area contributed by atoms with E-state index in [1.165, 1.54) is 0 Å². The highest BCUT2D eigenvalue weighted by atomic mass is 16.5. The molecule has 2 atom stereocenters. The van der Waals surface area contributed by atoms with E-state index >= 15 is 0 Å². The van der Waals surface area contributed by atoms with Crippen LogP contribution in [0, 0.1) is 11.8 Å². The van der Waals surface area contributed by atoms with Crippen LogP contribution in [-0.2, 0) is 11.8 Å². The number of amides is 1. The molecule has 1 amide bonds. The summed E-state index contributed by atoms with van der Waals surface area (Å²) in [5, 5.41) is 11.8. The van der Waals surface area contributed by atoms with E-state index in [0.29, 0.717) is 24.4 Å². The number of hydrogen-bond acceptors (Lipinski definition) is 5. The van der Waals surface area contributed by atoms with Gasteiger partial charge < -0.3 is 15.0 Å². The van der Waals surface area contributed by atoms with Gasteiger partial charge in [-0.15, -0.1) is 0 Å². The van der Waals surface area contributed by atoms with Gasteiger partial charge in [-0.05, 0) is 38.9 Å². The molecule has 1 aliphatic carbocycles. The molecule has 0 aromatic carbocycles. The zero-order valence-electron chi connectivity index (χ0n) is 17.0. The average molecular weight is 394 g/mol. The maximum absolute atomic E-state index is 12.0. The van der Waals surface area contributed by atoms with Gasteiger partial charge >= 0.3 is 0 Å². The van der Waals surface area contributed by atoms with E-state index in [1.54, 1.807) is 10.7 Å². The van der Waals surface area contributed by atoms with Gasteiger partial charge in [-0.3, -0.25) is 9.48 Å². The van der Waals surface area contributed by atoms with Crippen molar-refractivity contribution in [2.45, 2.75) is 25.8 Å². The lowest BCUT2D eigenvalue weighted by molar-refractivity contribution is -0.117. The zero-order chi connectivity index (χ0) is 20.1. The molecule has 5 rings (SSSR count). The Balaban J connectivity index is 1.37. The fourth-order valence-electron chi connectivity index (χ4n) is 3.93. The van der Waals surface area contributed by atoms with Gasteiger partial charge in [-0.1, -0.05) is 0 Å². The van der Waals surface area contributed by atoms with Gasteiger partial charge in [0.25, 0.3) is 0 Å². The van der Waals surface area contributed by atoms with Gasteiger partial charge in [0.15, 0.2) is 11.6 Å². The van der Waals surface area contributed by atoms with Crippen LogP contribution in [0.4, 0.5) is 5.82 Å². The first-order valence-electron chi connectivity index (χ1n) is 10.2. The lowest BCUT2D eigenvalue weighted by atomic mass is 9.92. The van der Waals surface area contributed by atoms with Gasteiger partial charge in [-0.25, -0.2) is 4.52 Å². The summed E-state index contributed by atoms with van der Waals surface area (Å²) in [7, 11) is 4.06. The number of pyridine rings is 1. The number of anilines is 1. The summed E-state index contributed by atoms with van der Waals surface area (Å²) in [4.78, 5) is 14.3. The van der Waals surface area contributed by atoms with Crippen molar-refractivity contribution >= 4 is 17.2 Å². The van der Waals surface area contributed by atoms with E-state index in [0.717, 1.165) is 41.9 Å². The third kappa shape index (κ3) is 3.37. The molecule has 3 aromatic heterocycles. The minimum absolute atomic E-state index is 0.0619. The molecule has 1 saturated heterocycles. The Hall–Kier alpha value is -2.87. The number of ether oxygens (including phenoxy) is 1. The minimum Gasteiger partial charge on any atom is -0.489 e. The Labute approximate surface area is 169 Å². The Morgan fingerprint density at radius 1 is 1.31 bits per heavy atom. The summed E-state index contributed by atoms with van der Waals surface area (Å²) in [5.74, 6) is 2.14. The maximum atomic E-state index is 12.0. The summed E-state index contributed by atoms with van der Waals surface area (Å²) in [6, 6.07) is 6.48. The minimum atomic E-state index is 0.0619. The first-order valence-corrected chi connectivity index (χ1v) is 10.2. The van der Waals surface area contributed by atoms with Crippen LogP contribution in [0.2, 0.25) is 0 Å². The van der Waals surface area contributed by atoms with Crippen molar-refractivity contribution in [3.8, 4) is 17.0 Å². The third-order valence-electron chi connectivity index (χ3n) is 6.19. The van der Waals surface area contributed by atoms with E-state index in [9.17, 15) is 4.79 Å². The van der Waals surface area contributed by atoms with E-state index in [1.807, 2.05) is 36.1 Å². The molecule has 1 saturated carbocycles.